The number of hydrogen-bond acceptors (Lipinski definition) is 3. The highest BCUT2D eigenvalue weighted by molar-refractivity contribution is 5.77. The molecule has 0 aromatic heterocycles. The van der Waals surface area contributed by atoms with Crippen LogP contribution in [0.5, 0.6) is 0 Å². The molecule has 0 amide bonds. The van der Waals surface area contributed by atoms with Crippen LogP contribution in [0.25, 0.3) is 0 Å². The Kier molecular flexibility index (Phi) is 3.97. The van der Waals surface area contributed by atoms with Crippen LogP contribution in [-0.4, -0.2) is 5.97 Å². The standard InChI is InChI=1S/C15H15NO2/c16-14-9-5-4-8-13(10-14)15(17)18-11-12-6-2-1-3-7-12/h1-10,13H,11,16H2. The number of esters is 1. The third kappa shape index (κ3) is 3.35. The van der Waals surface area contributed by atoms with Crippen molar-refractivity contribution in [2.75, 3.05) is 0 Å². The zero-order valence-corrected chi connectivity index (χ0v) is 9.95. The Bertz CT molecular complexity index is 500. The second-order valence-corrected chi connectivity index (χ2v) is 4.03. The Morgan fingerprint density at radius 2 is 2.00 bits per heavy atom. The molecule has 0 saturated carbocycles. The quantitative estimate of drug-likeness (QED) is 0.826. The second kappa shape index (κ2) is 5.87. The average Bonchev–Trinajstić information content (AvgIpc) is 2.62. The van der Waals surface area contributed by atoms with Crippen molar-refractivity contribution in [1.29, 1.82) is 0 Å². The van der Waals surface area contributed by atoms with E-state index in [4.69, 9.17) is 10.5 Å². The van der Waals surface area contributed by atoms with Gasteiger partial charge in [-0.3, -0.25) is 4.79 Å². The van der Waals surface area contributed by atoms with E-state index in [-0.39, 0.29) is 12.6 Å². The van der Waals surface area contributed by atoms with Crippen LogP contribution in [0.15, 0.2) is 66.4 Å². The lowest BCUT2D eigenvalue weighted by Crippen LogP contribution is -2.15. The number of allylic oxidation sites excluding steroid dienone is 3. The first-order chi connectivity index (χ1) is 8.75. The van der Waals surface area contributed by atoms with E-state index in [1.807, 2.05) is 30.3 Å². The summed E-state index contributed by atoms with van der Waals surface area (Å²) in [5.74, 6) is -0.703. The van der Waals surface area contributed by atoms with Gasteiger partial charge >= 0.3 is 5.97 Å². The molecule has 18 heavy (non-hydrogen) atoms. The fourth-order valence-electron chi connectivity index (χ4n) is 1.64. The Morgan fingerprint density at radius 1 is 1.22 bits per heavy atom. The van der Waals surface area contributed by atoms with Crippen molar-refractivity contribution in [3.05, 3.63) is 72.0 Å². The van der Waals surface area contributed by atoms with Crippen molar-refractivity contribution in [1.82, 2.24) is 0 Å². The van der Waals surface area contributed by atoms with Gasteiger partial charge in [0.05, 0.1) is 5.92 Å². The van der Waals surface area contributed by atoms with Crippen molar-refractivity contribution >= 4 is 5.97 Å². The highest BCUT2D eigenvalue weighted by atomic mass is 16.5. The van der Waals surface area contributed by atoms with Crippen LogP contribution in [0, 0.1) is 5.92 Å². The van der Waals surface area contributed by atoms with Gasteiger partial charge in [-0.05, 0) is 17.7 Å². The van der Waals surface area contributed by atoms with E-state index in [0.29, 0.717) is 5.70 Å². The van der Waals surface area contributed by atoms with Crippen LogP contribution in [0.2, 0.25) is 0 Å². The molecule has 92 valence electrons. The summed E-state index contributed by atoms with van der Waals surface area (Å²) in [7, 11) is 0. The van der Waals surface area contributed by atoms with Crippen molar-refractivity contribution < 1.29 is 9.53 Å². The lowest BCUT2D eigenvalue weighted by Gasteiger charge is -2.09. The lowest BCUT2D eigenvalue weighted by atomic mass is 10.1. The van der Waals surface area contributed by atoms with Crippen LogP contribution in [0.1, 0.15) is 5.56 Å². The van der Waals surface area contributed by atoms with Crippen molar-refractivity contribution in [2.24, 2.45) is 11.7 Å². The Morgan fingerprint density at radius 3 is 2.78 bits per heavy atom. The van der Waals surface area contributed by atoms with Crippen LogP contribution in [-0.2, 0) is 16.1 Å². The molecule has 0 bridgehead atoms. The number of ether oxygens (including phenoxy) is 1. The number of rotatable bonds is 3. The first-order valence-corrected chi connectivity index (χ1v) is 5.78. The molecule has 0 aliphatic heterocycles. The SMILES string of the molecule is NC1=CC(C(=O)OCc2ccccc2)C=CC=C1. The summed E-state index contributed by atoms with van der Waals surface area (Å²) < 4.78 is 5.25. The van der Waals surface area contributed by atoms with Crippen LogP contribution in [0.3, 0.4) is 0 Å². The van der Waals surface area contributed by atoms with E-state index >= 15 is 0 Å². The zero-order valence-electron chi connectivity index (χ0n) is 9.95. The third-order valence-corrected chi connectivity index (χ3v) is 2.59. The number of benzene rings is 1. The first-order valence-electron chi connectivity index (χ1n) is 5.78. The summed E-state index contributed by atoms with van der Waals surface area (Å²) >= 11 is 0. The predicted octanol–water partition coefficient (Wildman–Crippen LogP) is 2.31. The van der Waals surface area contributed by atoms with Gasteiger partial charge in [-0.15, -0.1) is 0 Å². The van der Waals surface area contributed by atoms with Crippen molar-refractivity contribution in [3.63, 3.8) is 0 Å². The largest absolute Gasteiger partial charge is 0.460 e. The Labute approximate surface area is 106 Å². The summed E-state index contributed by atoms with van der Waals surface area (Å²) in [6, 6.07) is 9.59. The maximum absolute atomic E-state index is 11.9. The molecule has 3 nitrogen and oxygen atoms in total. The summed E-state index contributed by atoms with van der Waals surface area (Å²) in [4.78, 5) is 11.9. The van der Waals surface area contributed by atoms with Crippen LogP contribution >= 0.6 is 0 Å². The minimum absolute atomic E-state index is 0.283. The van der Waals surface area contributed by atoms with E-state index in [2.05, 4.69) is 0 Å². The number of hydrogen-bond donors (Lipinski definition) is 1. The predicted molar refractivity (Wildman–Crippen MR) is 70.3 cm³/mol. The Hall–Kier alpha value is -2.29. The highest BCUT2D eigenvalue weighted by Crippen LogP contribution is 2.12. The van der Waals surface area contributed by atoms with Crippen molar-refractivity contribution in [2.45, 2.75) is 6.61 Å². The molecule has 0 spiro atoms. The molecule has 2 N–H and O–H groups in total. The summed E-state index contributed by atoms with van der Waals surface area (Å²) in [6.45, 7) is 0.283. The van der Waals surface area contributed by atoms with E-state index in [1.165, 1.54) is 0 Å². The Balaban J connectivity index is 1.94. The first kappa shape index (κ1) is 12.2. The van der Waals surface area contributed by atoms with Gasteiger partial charge in [0.2, 0.25) is 0 Å². The normalized spacial score (nSPS) is 18.0. The molecule has 1 unspecified atom stereocenters. The van der Waals surface area contributed by atoms with E-state index in [1.54, 1.807) is 30.4 Å². The van der Waals surface area contributed by atoms with Gasteiger partial charge in [-0.1, -0.05) is 48.6 Å². The highest BCUT2D eigenvalue weighted by Gasteiger charge is 2.15. The molecule has 1 aliphatic rings. The zero-order chi connectivity index (χ0) is 12.8. The molecule has 3 heteroatoms. The van der Waals surface area contributed by atoms with Gasteiger partial charge in [0.15, 0.2) is 0 Å². The number of nitrogens with two attached hydrogens (primary N) is 1. The molecule has 2 rings (SSSR count). The molecule has 0 fully saturated rings. The molecule has 1 aromatic carbocycles. The maximum atomic E-state index is 11.9. The number of carbonyl (C=O) groups is 1. The topological polar surface area (TPSA) is 52.3 Å². The maximum Gasteiger partial charge on any atom is 0.317 e. The van der Waals surface area contributed by atoms with E-state index < -0.39 is 5.92 Å². The molecule has 0 radical (unpaired) electrons. The van der Waals surface area contributed by atoms with Gasteiger partial charge < -0.3 is 10.5 Å². The fraction of sp³-hybridized carbons (Fsp3) is 0.133. The van der Waals surface area contributed by atoms with Crippen molar-refractivity contribution in [3.8, 4) is 0 Å². The average molecular weight is 241 g/mol. The summed E-state index contributed by atoms with van der Waals surface area (Å²) in [6.07, 6.45) is 8.80. The molecular formula is C15H15NO2. The minimum Gasteiger partial charge on any atom is -0.460 e. The molecular weight excluding hydrogens is 226 g/mol. The van der Waals surface area contributed by atoms with Gasteiger partial charge in [-0.25, -0.2) is 0 Å². The molecule has 1 atom stereocenters. The van der Waals surface area contributed by atoms with Gasteiger partial charge in [0.25, 0.3) is 0 Å². The minimum atomic E-state index is -0.413. The van der Waals surface area contributed by atoms with Crippen LogP contribution in [0.4, 0.5) is 0 Å². The van der Waals surface area contributed by atoms with Crippen LogP contribution < -0.4 is 5.73 Å². The summed E-state index contributed by atoms with van der Waals surface area (Å²) in [5, 5.41) is 0. The molecule has 1 aliphatic carbocycles. The molecule has 0 heterocycles. The monoisotopic (exact) mass is 241 g/mol. The smallest absolute Gasteiger partial charge is 0.317 e. The second-order valence-electron chi connectivity index (χ2n) is 4.03. The third-order valence-electron chi connectivity index (χ3n) is 2.59. The fourth-order valence-corrected chi connectivity index (χ4v) is 1.64. The van der Waals surface area contributed by atoms with E-state index in [9.17, 15) is 4.79 Å². The summed E-state index contributed by atoms with van der Waals surface area (Å²) in [5.41, 5.74) is 7.24. The lowest BCUT2D eigenvalue weighted by molar-refractivity contribution is -0.146. The van der Waals surface area contributed by atoms with Gasteiger partial charge in [0, 0.05) is 5.70 Å². The molecule has 0 saturated heterocycles. The van der Waals surface area contributed by atoms with E-state index in [0.717, 1.165) is 5.56 Å². The number of carbonyl (C=O) groups excluding carboxylic acids is 1. The molecule has 1 aromatic rings. The van der Waals surface area contributed by atoms with Gasteiger partial charge in [-0.2, -0.15) is 0 Å². The van der Waals surface area contributed by atoms with Gasteiger partial charge in [0.1, 0.15) is 6.61 Å².